The third kappa shape index (κ3) is 5.63. The number of Topliss-reactive ketones (excluding diaryl/α,β-unsaturated/α-hetero) is 1. The summed E-state index contributed by atoms with van der Waals surface area (Å²) in [6.45, 7) is 5.88. The van der Waals surface area contributed by atoms with Crippen LogP contribution in [0, 0.1) is 0 Å². The van der Waals surface area contributed by atoms with Crippen molar-refractivity contribution in [1.82, 2.24) is 4.98 Å². The Labute approximate surface area is 201 Å². The van der Waals surface area contributed by atoms with E-state index in [0.29, 0.717) is 6.42 Å². The summed E-state index contributed by atoms with van der Waals surface area (Å²) in [7, 11) is 0. The lowest BCUT2D eigenvalue weighted by Gasteiger charge is -2.38. The number of halogens is 1. The van der Waals surface area contributed by atoms with E-state index in [2.05, 4.69) is 72.6 Å². The number of para-hydroxylation sites is 1. The molecule has 0 aliphatic rings. The first-order valence-corrected chi connectivity index (χ1v) is 10.7. The van der Waals surface area contributed by atoms with Gasteiger partial charge in [-0.15, -0.1) is 0 Å². The molecule has 1 aromatic heterocycles. The number of benzene rings is 3. The topological polar surface area (TPSA) is 32.9 Å². The summed E-state index contributed by atoms with van der Waals surface area (Å²) in [5.74, 6) is 0.213. The van der Waals surface area contributed by atoms with Crippen LogP contribution < -0.4 is 24.0 Å². The number of hydrogen-bond acceptors (Lipinski definition) is 1. The van der Waals surface area contributed by atoms with Gasteiger partial charge in [0.05, 0.1) is 19.5 Å². The number of H-pyrrole nitrogens is 1. The predicted molar refractivity (Wildman–Crippen MR) is 123 cm³/mol. The van der Waals surface area contributed by atoms with Crippen LogP contribution in [0.2, 0.25) is 0 Å². The van der Waals surface area contributed by atoms with Crippen LogP contribution in [0.5, 0.6) is 0 Å². The highest BCUT2D eigenvalue weighted by molar-refractivity contribution is 6.07. The smallest absolute Gasteiger partial charge is 0.170 e. The molecule has 1 heterocycles. The number of nitrogens with one attached hydrogen (secondary N) is 1. The fourth-order valence-electron chi connectivity index (χ4n) is 4.31. The number of ketones is 1. The van der Waals surface area contributed by atoms with E-state index >= 15 is 0 Å². The molecule has 4 heteroatoms. The van der Waals surface area contributed by atoms with E-state index in [0.717, 1.165) is 47.1 Å². The van der Waals surface area contributed by atoms with Crippen molar-refractivity contribution >= 4 is 16.7 Å². The van der Waals surface area contributed by atoms with E-state index in [4.69, 9.17) is 0 Å². The molecule has 0 aliphatic carbocycles. The zero-order valence-electron chi connectivity index (χ0n) is 17.9. The first-order chi connectivity index (χ1) is 14.7. The van der Waals surface area contributed by atoms with Gasteiger partial charge in [0.1, 0.15) is 13.1 Å². The minimum absolute atomic E-state index is 0. The Kier molecular flexibility index (Phi) is 8.04. The van der Waals surface area contributed by atoms with Crippen LogP contribution in [-0.4, -0.2) is 28.3 Å². The molecule has 4 aromatic rings. The number of rotatable bonds is 9. The van der Waals surface area contributed by atoms with Crippen LogP contribution in [-0.2, 0) is 13.1 Å². The highest BCUT2D eigenvalue weighted by Crippen LogP contribution is 2.23. The second kappa shape index (κ2) is 10.7. The summed E-state index contributed by atoms with van der Waals surface area (Å²) in [4.78, 5) is 16.4. The van der Waals surface area contributed by atoms with Crippen molar-refractivity contribution in [3.63, 3.8) is 0 Å². The summed E-state index contributed by atoms with van der Waals surface area (Å²) >= 11 is 0. The van der Waals surface area contributed by atoms with Gasteiger partial charge < -0.3 is 33.4 Å². The van der Waals surface area contributed by atoms with Crippen molar-refractivity contribution in [2.24, 2.45) is 0 Å². The minimum Gasteiger partial charge on any atom is -1.00 e. The van der Waals surface area contributed by atoms with Gasteiger partial charge in [0, 0.05) is 33.8 Å². The molecule has 0 atom stereocenters. The highest BCUT2D eigenvalue weighted by atomic mass is 127. The molecular formula is C27H29IN2O. The summed E-state index contributed by atoms with van der Waals surface area (Å²) < 4.78 is 0.863. The maximum Gasteiger partial charge on any atom is 0.170 e. The Bertz CT molecular complexity index is 1060. The molecule has 0 saturated carbocycles. The summed E-state index contributed by atoms with van der Waals surface area (Å²) in [6, 6.07) is 29.3. The number of aromatic amines is 1. The third-order valence-corrected chi connectivity index (χ3v) is 6.10. The number of fused-ring (bicyclic) bond motifs is 1. The SMILES string of the molecule is CC[N+](CCC(=O)c1c[nH]c2ccccc12)(Cc1ccccc1)Cc1ccccc1.[I-]. The van der Waals surface area contributed by atoms with Gasteiger partial charge in [-0.2, -0.15) is 0 Å². The lowest BCUT2D eigenvalue weighted by atomic mass is 10.0. The van der Waals surface area contributed by atoms with Gasteiger partial charge in [0.15, 0.2) is 5.78 Å². The average Bonchev–Trinajstić information content (AvgIpc) is 3.23. The van der Waals surface area contributed by atoms with Crippen LogP contribution in [0.4, 0.5) is 0 Å². The molecule has 31 heavy (non-hydrogen) atoms. The highest BCUT2D eigenvalue weighted by Gasteiger charge is 2.28. The van der Waals surface area contributed by atoms with E-state index in [9.17, 15) is 4.79 Å². The first kappa shape index (κ1) is 23.2. The Morgan fingerprint density at radius 3 is 1.94 bits per heavy atom. The summed E-state index contributed by atoms with van der Waals surface area (Å²) in [6.07, 6.45) is 2.40. The molecule has 0 saturated heterocycles. The lowest BCUT2D eigenvalue weighted by Crippen LogP contribution is -3.00. The fourth-order valence-corrected chi connectivity index (χ4v) is 4.31. The molecule has 0 aliphatic heterocycles. The second-order valence-corrected chi connectivity index (χ2v) is 8.09. The van der Waals surface area contributed by atoms with Crippen LogP contribution in [0.3, 0.4) is 0 Å². The number of quaternary nitrogens is 1. The van der Waals surface area contributed by atoms with Crippen LogP contribution in [0.15, 0.2) is 91.1 Å². The molecule has 3 aromatic carbocycles. The molecule has 1 N–H and O–H groups in total. The van der Waals surface area contributed by atoms with Crippen molar-refractivity contribution < 1.29 is 33.3 Å². The van der Waals surface area contributed by atoms with Crippen LogP contribution in [0.25, 0.3) is 10.9 Å². The fraction of sp³-hybridized carbons (Fsp3) is 0.222. The van der Waals surface area contributed by atoms with Crippen molar-refractivity contribution in [3.05, 3.63) is 108 Å². The number of hydrogen-bond donors (Lipinski definition) is 1. The maximum absolute atomic E-state index is 13.2. The molecular weight excluding hydrogens is 495 g/mol. The molecule has 4 rings (SSSR count). The summed E-state index contributed by atoms with van der Waals surface area (Å²) in [5, 5.41) is 1.02. The van der Waals surface area contributed by atoms with Crippen molar-refractivity contribution in [2.75, 3.05) is 13.1 Å². The van der Waals surface area contributed by atoms with Crippen LogP contribution >= 0.6 is 0 Å². The van der Waals surface area contributed by atoms with E-state index in [1.807, 2.05) is 30.5 Å². The first-order valence-electron chi connectivity index (χ1n) is 10.7. The zero-order chi connectivity index (χ0) is 20.8. The number of carbonyl (C=O) groups is 1. The number of nitrogens with zero attached hydrogens (tertiary/aromatic N) is 1. The van der Waals surface area contributed by atoms with Crippen molar-refractivity contribution in [3.8, 4) is 0 Å². The molecule has 0 fully saturated rings. The van der Waals surface area contributed by atoms with Crippen molar-refractivity contribution in [2.45, 2.75) is 26.4 Å². The van der Waals surface area contributed by atoms with E-state index in [1.165, 1.54) is 11.1 Å². The Morgan fingerprint density at radius 2 is 1.35 bits per heavy atom. The van der Waals surface area contributed by atoms with Crippen molar-refractivity contribution in [1.29, 1.82) is 0 Å². The van der Waals surface area contributed by atoms with Gasteiger partial charge in [0.25, 0.3) is 0 Å². The normalized spacial score (nSPS) is 11.3. The van der Waals surface area contributed by atoms with Gasteiger partial charge in [-0.3, -0.25) is 4.79 Å². The van der Waals surface area contributed by atoms with Gasteiger partial charge in [-0.05, 0) is 13.0 Å². The lowest BCUT2D eigenvalue weighted by molar-refractivity contribution is -0.951. The Balaban J connectivity index is 0.00000272. The largest absolute Gasteiger partial charge is 1.00 e. The number of aromatic nitrogens is 1. The molecule has 0 amide bonds. The van der Waals surface area contributed by atoms with Gasteiger partial charge in [-0.1, -0.05) is 78.9 Å². The predicted octanol–water partition coefficient (Wildman–Crippen LogP) is 2.98. The van der Waals surface area contributed by atoms with Gasteiger partial charge in [-0.25, -0.2) is 0 Å². The minimum atomic E-state index is 0. The second-order valence-electron chi connectivity index (χ2n) is 8.09. The Morgan fingerprint density at radius 1 is 0.806 bits per heavy atom. The van der Waals surface area contributed by atoms with E-state index in [1.54, 1.807) is 0 Å². The molecule has 160 valence electrons. The summed E-state index contributed by atoms with van der Waals surface area (Å²) in [5.41, 5.74) is 4.45. The molecule has 0 radical (unpaired) electrons. The average molecular weight is 524 g/mol. The third-order valence-electron chi connectivity index (χ3n) is 6.10. The Hall–Kier alpha value is -2.44. The van der Waals surface area contributed by atoms with E-state index < -0.39 is 0 Å². The zero-order valence-corrected chi connectivity index (χ0v) is 20.1. The van der Waals surface area contributed by atoms with Gasteiger partial charge in [0.2, 0.25) is 0 Å². The number of carbonyl (C=O) groups excluding carboxylic acids is 1. The van der Waals surface area contributed by atoms with Gasteiger partial charge >= 0.3 is 0 Å². The van der Waals surface area contributed by atoms with E-state index in [-0.39, 0.29) is 29.8 Å². The molecule has 3 nitrogen and oxygen atoms in total. The monoisotopic (exact) mass is 524 g/mol. The maximum atomic E-state index is 13.2. The molecule has 0 bridgehead atoms. The quantitative estimate of drug-likeness (QED) is 0.204. The van der Waals surface area contributed by atoms with Crippen LogP contribution in [0.1, 0.15) is 34.8 Å². The molecule has 0 unspecified atom stereocenters. The molecule has 0 spiro atoms. The standard InChI is InChI=1S/C27H28N2O.HI/c1-2-29(20-22-11-5-3-6-12-22,21-23-13-7-4-8-14-23)18-17-27(30)25-19-28-26-16-10-9-15-24(25)26;/h3-16,19H,2,17-18,20-21H2,1H3;1H.